The second-order valence-electron chi connectivity index (χ2n) is 8.89. The molecule has 2 aromatic heterocycles. The van der Waals surface area contributed by atoms with E-state index < -0.39 is 21.5 Å². The van der Waals surface area contributed by atoms with E-state index in [-0.39, 0.29) is 25.6 Å². The van der Waals surface area contributed by atoms with Crippen LogP contribution in [0.4, 0.5) is 0 Å². The van der Waals surface area contributed by atoms with Crippen molar-refractivity contribution in [1.29, 1.82) is 0 Å². The van der Waals surface area contributed by atoms with Gasteiger partial charge in [-0.3, -0.25) is 9.78 Å². The predicted octanol–water partition coefficient (Wildman–Crippen LogP) is 1.28. The SMILES string of the molecule is COc1ccc2c3c(n(C)c2c1)[C@@H](CO)N(C(=O)c1cccnc1)CC31CN(S(C)(=O)=O)C1. The van der Waals surface area contributed by atoms with Crippen molar-refractivity contribution in [3.05, 3.63) is 59.5 Å². The molecule has 5 rings (SSSR count). The molecule has 1 atom stereocenters. The van der Waals surface area contributed by atoms with Crippen molar-refractivity contribution in [2.45, 2.75) is 11.5 Å². The zero-order valence-electron chi connectivity index (χ0n) is 18.7. The topological polar surface area (TPSA) is 105 Å². The Morgan fingerprint density at radius 3 is 2.64 bits per heavy atom. The van der Waals surface area contributed by atoms with Crippen molar-refractivity contribution < 1.29 is 23.1 Å². The molecule has 174 valence electrons. The highest BCUT2D eigenvalue weighted by Gasteiger charge is 2.56. The number of ether oxygens (including phenoxy) is 1. The first-order valence-corrected chi connectivity index (χ1v) is 12.5. The highest BCUT2D eigenvalue weighted by atomic mass is 32.2. The number of pyridine rings is 1. The fourth-order valence-electron chi connectivity index (χ4n) is 5.35. The van der Waals surface area contributed by atoms with Crippen molar-refractivity contribution in [2.75, 3.05) is 39.6 Å². The Labute approximate surface area is 192 Å². The lowest BCUT2D eigenvalue weighted by molar-refractivity contribution is 0.0239. The summed E-state index contributed by atoms with van der Waals surface area (Å²) in [6, 6.07) is 8.60. The maximum absolute atomic E-state index is 13.5. The number of carbonyl (C=O) groups excluding carboxylic acids is 1. The van der Waals surface area contributed by atoms with Crippen LogP contribution in [-0.2, 0) is 22.5 Å². The first kappa shape index (κ1) is 21.9. The van der Waals surface area contributed by atoms with Gasteiger partial charge in [0.05, 0.1) is 37.1 Å². The van der Waals surface area contributed by atoms with Gasteiger partial charge in [0.2, 0.25) is 10.0 Å². The molecule has 3 aromatic rings. The molecule has 0 aliphatic carbocycles. The van der Waals surface area contributed by atoms with Crippen LogP contribution in [0.15, 0.2) is 42.7 Å². The minimum atomic E-state index is -3.37. The minimum absolute atomic E-state index is 0.243. The lowest BCUT2D eigenvalue weighted by Gasteiger charge is -2.55. The van der Waals surface area contributed by atoms with Gasteiger partial charge in [0.25, 0.3) is 5.91 Å². The fraction of sp³-hybridized carbons (Fsp3) is 0.391. The van der Waals surface area contributed by atoms with Crippen molar-refractivity contribution in [2.24, 2.45) is 7.05 Å². The first-order chi connectivity index (χ1) is 15.7. The maximum atomic E-state index is 13.5. The molecule has 0 unspecified atom stereocenters. The number of aryl methyl sites for hydroxylation is 1. The van der Waals surface area contributed by atoms with Gasteiger partial charge in [-0.2, -0.15) is 0 Å². The van der Waals surface area contributed by atoms with E-state index in [1.807, 2.05) is 29.8 Å². The Morgan fingerprint density at radius 2 is 2.03 bits per heavy atom. The number of carbonyl (C=O) groups is 1. The number of hydrogen-bond acceptors (Lipinski definition) is 6. The molecule has 10 heteroatoms. The highest BCUT2D eigenvalue weighted by molar-refractivity contribution is 7.88. The number of benzene rings is 1. The van der Waals surface area contributed by atoms with Gasteiger partial charge in [-0.15, -0.1) is 0 Å². The number of amides is 1. The van der Waals surface area contributed by atoms with E-state index in [1.54, 1.807) is 30.3 Å². The smallest absolute Gasteiger partial charge is 0.256 e. The number of methoxy groups -OCH3 is 1. The van der Waals surface area contributed by atoms with E-state index in [1.165, 1.54) is 16.8 Å². The van der Waals surface area contributed by atoms with E-state index in [4.69, 9.17) is 4.74 Å². The molecule has 1 saturated heterocycles. The number of aromatic nitrogens is 2. The summed E-state index contributed by atoms with van der Waals surface area (Å²) >= 11 is 0. The largest absolute Gasteiger partial charge is 0.497 e. The standard InChI is InChI=1S/C23H26N4O5S/c1-25-18-9-16(32-2)6-7-17(18)20-21(25)19(11-28)27(22(29)15-5-4-8-24-10-15)14-23(20)12-26(13-23)33(3,30)31/h4-10,19,28H,11-14H2,1-3H3/t19-/m1/s1. The fourth-order valence-corrected chi connectivity index (χ4v) is 6.31. The Kier molecular flexibility index (Phi) is 5.00. The molecule has 1 amide bonds. The van der Waals surface area contributed by atoms with Gasteiger partial charge in [0.1, 0.15) is 5.75 Å². The summed E-state index contributed by atoms with van der Waals surface area (Å²) in [5.41, 5.74) is 2.57. The molecule has 1 aromatic carbocycles. The molecule has 0 bridgehead atoms. The van der Waals surface area contributed by atoms with Crippen molar-refractivity contribution >= 4 is 26.8 Å². The van der Waals surface area contributed by atoms with Crippen LogP contribution in [0.1, 0.15) is 27.7 Å². The number of fused-ring (bicyclic) bond motifs is 4. The third-order valence-corrected chi connectivity index (χ3v) is 8.11. The molecule has 1 fully saturated rings. The maximum Gasteiger partial charge on any atom is 0.256 e. The van der Waals surface area contributed by atoms with Crippen molar-refractivity contribution in [3.63, 3.8) is 0 Å². The van der Waals surface area contributed by atoms with Gasteiger partial charge in [0.15, 0.2) is 0 Å². The van der Waals surface area contributed by atoms with E-state index in [0.29, 0.717) is 17.9 Å². The summed E-state index contributed by atoms with van der Waals surface area (Å²) in [4.78, 5) is 19.3. The molecule has 0 saturated carbocycles. The Bertz CT molecular complexity index is 1350. The van der Waals surface area contributed by atoms with Gasteiger partial charge >= 0.3 is 0 Å². The summed E-state index contributed by atoms with van der Waals surface area (Å²) in [6.07, 6.45) is 4.31. The molecule has 9 nitrogen and oxygen atoms in total. The van der Waals surface area contributed by atoms with E-state index in [9.17, 15) is 18.3 Å². The third kappa shape index (κ3) is 3.24. The molecule has 2 aliphatic heterocycles. The number of aliphatic hydroxyl groups excluding tert-OH is 1. The summed E-state index contributed by atoms with van der Waals surface area (Å²) in [7, 11) is 0.142. The number of sulfonamides is 1. The Balaban J connectivity index is 1.71. The van der Waals surface area contributed by atoms with Gasteiger partial charge in [0, 0.05) is 61.6 Å². The predicted molar refractivity (Wildman–Crippen MR) is 123 cm³/mol. The summed E-state index contributed by atoms with van der Waals surface area (Å²) in [6.45, 7) is 0.597. The van der Waals surface area contributed by atoms with Crippen molar-refractivity contribution in [3.8, 4) is 5.75 Å². The summed E-state index contributed by atoms with van der Waals surface area (Å²) in [5, 5.41) is 11.4. The van der Waals surface area contributed by atoms with Crippen LogP contribution < -0.4 is 4.74 Å². The number of aliphatic hydroxyl groups is 1. The lowest BCUT2D eigenvalue weighted by atomic mass is 9.70. The van der Waals surface area contributed by atoms with Crippen LogP contribution in [0.25, 0.3) is 10.9 Å². The van der Waals surface area contributed by atoms with Gasteiger partial charge in [-0.25, -0.2) is 12.7 Å². The lowest BCUT2D eigenvalue weighted by Crippen LogP contribution is -2.68. The van der Waals surface area contributed by atoms with Crippen LogP contribution in [0.5, 0.6) is 5.75 Å². The average molecular weight is 471 g/mol. The number of hydrogen-bond donors (Lipinski definition) is 1. The molecule has 2 aliphatic rings. The molecule has 4 heterocycles. The van der Waals surface area contributed by atoms with Gasteiger partial charge in [-0.1, -0.05) is 0 Å². The molecular weight excluding hydrogens is 444 g/mol. The second kappa shape index (κ2) is 7.54. The molecule has 1 N–H and O–H groups in total. The molecular formula is C23H26N4O5S. The Morgan fingerprint density at radius 1 is 1.27 bits per heavy atom. The van der Waals surface area contributed by atoms with E-state index >= 15 is 0 Å². The number of rotatable bonds is 4. The number of nitrogens with zero attached hydrogens (tertiary/aromatic N) is 4. The molecule has 1 spiro atoms. The van der Waals surface area contributed by atoms with Crippen LogP contribution in [-0.4, -0.2) is 77.8 Å². The van der Waals surface area contributed by atoms with Gasteiger partial charge < -0.3 is 19.3 Å². The summed E-state index contributed by atoms with van der Waals surface area (Å²) < 4.78 is 33.3. The van der Waals surface area contributed by atoms with E-state index in [0.717, 1.165) is 22.2 Å². The molecule has 0 radical (unpaired) electrons. The Hall–Kier alpha value is -2.95. The average Bonchev–Trinajstić information content (AvgIpc) is 3.08. The van der Waals surface area contributed by atoms with Crippen molar-refractivity contribution in [1.82, 2.24) is 18.8 Å². The molecule has 33 heavy (non-hydrogen) atoms. The normalized spacial score (nSPS) is 20.0. The van der Waals surface area contributed by atoms with Crippen LogP contribution in [0, 0.1) is 0 Å². The minimum Gasteiger partial charge on any atom is -0.497 e. The first-order valence-electron chi connectivity index (χ1n) is 10.6. The second-order valence-corrected chi connectivity index (χ2v) is 10.9. The monoisotopic (exact) mass is 470 g/mol. The third-order valence-electron chi connectivity index (χ3n) is 6.92. The van der Waals surface area contributed by atoms with Gasteiger partial charge in [-0.05, 0) is 29.8 Å². The zero-order chi connectivity index (χ0) is 23.5. The zero-order valence-corrected chi connectivity index (χ0v) is 19.5. The van der Waals surface area contributed by atoms with Crippen LogP contribution in [0.2, 0.25) is 0 Å². The quantitative estimate of drug-likeness (QED) is 0.616. The van der Waals surface area contributed by atoms with Crippen LogP contribution in [0.3, 0.4) is 0 Å². The van der Waals surface area contributed by atoms with E-state index in [2.05, 4.69) is 4.98 Å². The van der Waals surface area contributed by atoms with Crippen LogP contribution >= 0.6 is 0 Å². The highest BCUT2D eigenvalue weighted by Crippen LogP contribution is 2.50. The summed E-state index contributed by atoms with van der Waals surface area (Å²) in [5.74, 6) is 0.456.